The maximum Gasteiger partial charge on any atom is 0.494 e. The van der Waals surface area contributed by atoms with Gasteiger partial charge in [-0.25, -0.2) is 18.4 Å². The van der Waals surface area contributed by atoms with Crippen LogP contribution in [0.15, 0.2) is 41.6 Å². The third kappa shape index (κ3) is 4.65. The van der Waals surface area contributed by atoms with E-state index in [-0.39, 0.29) is 10.9 Å². The van der Waals surface area contributed by atoms with Gasteiger partial charge in [-0.05, 0) is 58.1 Å². The van der Waals surface area contributed by atoms with E-state index in [1.54, 1.807) is 18.2 Å². The molecule has 32 heavy (non-hydrogen) atoms. The van der Waals surface area contributed by atoms with Crippen molar-refractivity contribution in [2.75, 3.05) is 18.4 Å². The normalized spacial score (nSPS) is 21.6. The first-order valence-electron chi connectivity index (χ1n) is 10.7. The molecular weight excluding hydrogens is 451 g/mol. The number of nitrogens with one attached hydrogen (secondary N) is 1. The molecule has 172 valence electrons. The summed E-state index contributed by atoms with van der Waals surface area (Å²) < 4.78 is 40.3. The predicted octanol–water partition coefficient (Wildman–Crippen LogP) is 2.69. The van der Waals surface area contributed by atoms with E-state index in [1.165, 1.54) is 16.7 Å². The van der Waals surface area contributed by atoms with Crippen LogP contribution in [0.1, 0.15) is 40.5 Å². The van der Waals surface area contributed by atoms with Crippen molar-refractivity contribution in [3.63, 3.8) is 0 Å². The van der Waals surface area contributed by atoms with Crippen LogP contribution in [0.3, 0.4) is 0 Å². The van der Waals surface area contributed by atoms with Crippen molar-refractivity contribution in [3.05, 3.63) is 41.7 Å². The van der Waals surface area contributed by atoms with E-state index >= 15 is 0 Å². The Morgan fingerprint density at radius 1 is 1.09 bits per heavy atom. The lowest BCUT2D eigenvalue weighted by atomic mass is 9.79. The number of benzene rings is 1. The molecule has 3 heterocycles. The maximum atomic E-state index is 13.3. The number of hydrogen-bond donors (Lipinski definition) is 1. The summed E-state index contributed by atoms with van der Waals surface area (Å²) in [5.41, 5.74) is -0.286. The highest BCUT2D eigenvalue weighted by Crippen LogP contribution is 2.36. The van der Waals surface area contributed by atoms with Crippen molar-refractivity contribution in [1.82, 2.24) is 14.3 Å². The van der Waals surface area contributed by atoms with Crippen molar-refractivity contribution in [3.8, 4) is 0 Å². The van der Waals surface area contributed by atoms with Crippen LogP contribution in [0.5, 0.6) is 0 Å². The summed E-state index contributed by atoms with van der Waals surface area (Å²) >= 11 is 5.82. The monoisotopic (exact) mass is 478 g/mol. The number of halogens is 1. The van der Waals surface area contributed by atoms with Gasteiger partial charge in [0.05, 0.1) is 33.5 Å². The van der Waals surface area contributed by atoms with Crippen LogP contribution >= 0.6 is 11.6 Å². The minimum atomic E-state index is -3.63. The molecule has 1 N–H and O–H groups in total. The SMILES string of the molecule is CC1(C)OB(c2cccc(S(=O)(=O)N3CCC(Nc4ncc(Cl)cn4)CC3)c2)OC1(C)C. The molecule has 2 aliphatic rings. The number of sulfonamides is 1. The molecule has 2 aliphatic heterocycles. The first-order valence-corrected chi connectivity index (χ1v) is 12.5. The van der Waals surface area contributed by atoms with Gasteiger partial charge < -0.3 is 14.6 Å². The fourth-order valence-corrected chi connectivity index (χ4v) is 5.38. The Morgan fingerprint density at radius 3 is 2.28 bits per heavy atom. The number of piperidine rings is 1. The maximum absolute atomic E-state index is 13.3. The fraction of sp³-hybridized carbons (Fsp3) is 0.524. The van der Waals surface area contributed by atoms with Gasteiger partial charge in [-0.1, -0.05) is 23.7 Å². The average Bonchev–Trinajstić information content (AvgIpc) is 2.97. The zero-order valence-electron chi connectivity index (χ0n) is 18.7. The van der Waals surface area contributed by atoms with Gasteiger partial charge in [-0.15, -0.1) is 0 Å². The first kappa shape index (κ1) is 23.4. The van der Waals surface area contributed by atoms with Crippen molar-refractivity contribution in [1.29, 1.82) is 0 Å². The van der Waals surface area contributed by atoms with Crippen LogP contribution in [-0.4, -0.2) is 60.1 Å². The Balaban J connectivity index is 1.43. The largest absolute Gasteiger partial charge is 0.494 e. The first-order chi connectivity index (χ1) is 15.0. The van der Waals surface area contributed by atoms with Gasteiger partial charge in [0.2, 0.25) is 16.0 Å². The molecule has 0 atom stereocenters. The molecule has 11 heteroatoms. The van der Waals surface area contributed by atoms with E-state index < -0.39 is 28.3 Å². The third-order valence-electron chi connectivity index (χ3n) is 6.43. The number of rotatable bonds is 5. The van der Waals surface area contributed by atoms with E-state index in [4.69, 9.17) is 20.9 Å². The van der Waals surface area contributed by atoms with Crippen molar-refractivity contribution in [2.24, 2.45) is 0 Å². The second-order valence-electron chi connectivity index (χ2n) is 9.21. The summed E-state index contributed by atoms with van der Waals surface area (Å²) in [6.45, 7) is 8.71. The van der Waals surface area contributed by atoms with E-state index in [0.29, 0.717) is 42.4 Å². The van der Waals surface area contributed by atoms with Crippen molar-refractivity contribution in [2.45, 2.75) is 62.7 Å². The van der Waals surface area contributed by atoms with Gasteiger partial charge in [0.25, 0.3) is 0 Å². The van der Waals surface area contributed by atoms with E-state index in [9.17, 15) is 8.42 Å². The Hall–Kier alpha value is -1.72. The standard InChI is InChI=1S/C21H28BClN4O4S/c1-20(2)21(3,4)31-22(30-20)15-6-5-7-18(12-15)32(28,29)27-10-8-17(9-11-27)26-19-24-13-16(23)14-25-19/h5-7,12-14,17H,8-11H2,1-4H3,(H,24,25,26). The quantitative estimate of drug-likeness (QED) is 0.660. The van der Waals surface area contributed by atoms with E-state index in [0.717, 1.165) is 0 Å². The van der Waals surface area contributed by atoms with Crippen molar-refractivity contribution >= 4 is 40.2 Å². The Labute approximate surface area is 194 Å². The van der Waals surface area contributed by atoms with Gasteiger partial charge in [-0.2, -0.15) is 4.31 Å². The van der Waals surface area contributed by atoms with Gasteiger partial charge in [0.15, 0.2) is 0 Å². The molecule has 0 aliphatic carbocycles. The van der Waals surface area contributed by atoms with E-state index in [1.807, 2.05) is 33.8 Å². The zero-order chi connectivity index (χ0) is 23.1. The van der Waals surface area contributed by atoms with Crippen LogP contribution in [0, 0.1) is 0 Å². The molecule has 1 aromatic heterocycles. The summed E-state index contributed by atoms with van der Waals surface area (Å²) in [4.78, 5) is 8.54. The summed E-state index contributed by atoms with van der Waals surface area (Å²) in [6, 6.07) is 6.95. The van der Waals surface area contributed by atoms with E-state index in [2.05, 4.69) is 15.3 Å². The highest BCUT2D eigenvalue weighted by atomic mass is 35.5. The smallest absolute Gasteiger partial charge is 0.399 e. The molecule has 0 saturated carbocycles. The molecular formula is C21H28BClN4O4S. The highest BCUT2D eigenvalue weighted by molar-refractivity contribution is 7.89. The average molecular weight is 479 g/mol. The molecule has 0 bridgehead atoms. The number of nitrogens with zero attached hydrogens (tertiary/aromatic N) is 3. The molecule has 0 unspecified atom stereocenters. The molecule has 0 spiro atoms. The minimum absolute atomic E-state index is 0.0960. The Kier molecular flexibility index (Phi) is 6.28. The molecule has 1 aromatic carbocycles. The summed E-state index contributed by atoms with van der Waals surface area (Å²) in [5, 5.41) is 3.72. The van der Waals surface area contributed by atoms with Gasteiger partial charge in [0, 0.05) is 19.1 Å². The number of anilines is 1. The summed E-state index contributed by atoms with van der Waals surface area (Å²) in [7, 11) is -4.23. The molecule has 4 rings (SSSR count). The lowest BCUT2D eigenvalue weighted by Gasteiger charge is -2.32. The lowest BCUT2D eigenvalue weighted by molar-refractivity contribution is 0.00578. The highest BCUT2D eigenvalue weighted by Gasteiger charge is 2.51. The minimum Gasteiger partial charge on any atom is -0.399 e. The molecule has 2 aromatic rings. The topological polar surface area (TPSA) is 93.7 Å². The second-order valence-corrected chi connectivity index (χ2v) is 11.6. The molecule has 2 fully saturated rings. The lowest BCUT2D eigenvalue weighted by Crippen LogP contribution is -2.43. The van der Waals surface area contributed by atoms with Crippen LogP contribution in [0.25, 0.3) is 0 Å². The predicted molar refractivity (Wildman–Crippen MR) is 125 cm³/mol. The van der Waals surface area contributed by atoms with Gasteiger partial charge >= 0.3 is 7.12 Å². The van der Waals surface area contributed by atoms with Crippen LogP contribution in [0.2, 0.25) is 5.02 Å². The fourth-order valence-electron chi connectivity index (χ4n) is 3.76. The summed E-state index contributed by atoms with van der Waals surface area (Å²) in [5.74, 6) is 0.492. The summed E-state index contributed by atoms with van der Waals surface area (Å²) in [6.07, 6.45) is 4.37. The number of aromatic nitrogens is 2. The van der Waals surface area contributed by atoms with Gasteiger partial charge in [-0.3, -0.25) is 0 Å². The number of hydrogen-bond acceptors (Lipinski definition) is 7. The molecule has 0 amide bonds. The molecule has 0 radical (unpaired) electrons. The molecule has 8 nitrogen and oxygen atoms in total. The second kappa shape index (κ2) is 8.57. The van der Waals surface area contributed by atoms with Crippen LogP contribution < -0.4 is 10.8 Å². The van der Waals surface area contributed by atoms with Crippen molar-refractivity contribution < 1.29 is 17.7 Å². The van der Waals surface area contributed by atoms with Crippen LogP contribution in [-0.2, 0) is 19.3 Å². The van der Waals surface area contributed by atoms with Crippen LogP contribution in [0.4, 0.5) is 5.95 Å². The van der Waals surface area contributed by atoms with Gasteiger partial charge in [0.1, 0.15) is 0 Å². The zero-order valence-corrected chi connectivity index (χ0v) is 20.3. The third-order valence-corrected chi connectivity index (χ3v) is 8.52. The Morgan fingerprint density at radius 2 is 1.69 bits per heavy atom. The molecule has 2 saturated heterocycles. The Bertz CT molecular complexity index is 1060.